The minimum absolute atomic E-state index is 0.726. The lowest BCUT2D eigenvalue weighted by molar-refractivity contribution is 0.626. The van der Waals surface area contributed by atoms with Crippen LogP contribution in [0.2, 0.25) is 0 Å². The van der Waals surface area contributed by atoms with E-state index in [2.05, 4.69) is 20.6 Å². The summed E-state index contributed by atoms with van der Waals surface area (Å²) >= 11 is 0. The number of aromatic nitrogens is 4. The van der Waals surface area contributed by atoms with E-state index in [0.29, 0.717) is 0 Å². The standard InChI is InChI=1S/C13H17N5/c1-2-12(7-14-5-1)9-18-10-13(16-17-18)8-15-6-11-3-4-11/h1-2,5,7,10-11,15H,3-4,6,8-9H2. The Hall–Kier alpha value is -1.75. The van der Waals surface area contributed by atoms with Crippen LogP contribution >= 0.6 is 0 Å². The average Bonchev–Trinajstić information content (AvgIpc) is 3.11. The fourth-order valence-corrected chi connectivity index (χ4v) is 1.90. The number of rotatable bonds is 6. The highest BCUT2D eigenvalue weighted by Gasteiger charge is 2.20. The summed E-state index contributed by atoms with van der Waals surface area (Å²) in [5.41, 5.74) is 2.14. The third-order valence-corrected chi connectivity index (χ3v) is 3.09. The van der Waals surface area contributed by atoms with Crippen molar-refractivity contribution in [2.24, 2.45) is 5.92 Å². The molecular weight excluding hydrogens is 226 g/mol. The molecule has 2 aromatic heterocycles. The molecule has 94 valence electrons. The Morgan fingerprint density at radius 1 is 1.39 bits per heavy atom. The number of nitrogens with one attached hydrogen (secondary N) is 1. The first-order chi connectivity index (χ1) is 8.90. The fraction of sp³-hybridized carbons (Fsp3) is 0.462. The van der Waals surface area contributed by atoms with E-state index >= 15 is 0 Å². The van der Waals surface area contributed by atoms with E-state index < -0.39 is 0 Å². The van der Waals surface area contributed by atoms with Crippen LogP contribution in [0.15, 0.2) is 30.7 Å². The van der Waals surface area contributed by atoms with Gasteiger partial charge in [0.15, 0.2) is 0 Å². The van der Waals surface area contributed by atoms with Crippen LogP contribution in [0.4, 0.5) is 0 Å². The minimum atomic E-state index is 0.726. The molecule has 18 heavy (non-hydrogen) atoms. The molecule has 5 nitrogen and oxygen atoms in total. The maximum atomic E-state index is 4.16. The predicted molar refractivity (Wildman–Crippen MR) is 67.8 cm³/mol. The van der Waals surface area contributed by atoms with Gasteiger partial charge in [0.05, 0.1) is 18.4 Å². The van der Waals surface area contributed by atoms with Crippen molar-refractivity contribution in [2.75, 3.05) is 6.54 Å². The number of hydrogen-bond acceptors (Lipinski definition) is 4. The van der Waals surface area contributed by atoms with Gasteiger partial charge in [0.1, 0.15) is 0 Å². The maximum absolute atomic E-state index is 4.16. The summed E-state index contributed by atoms with van der Waals surface area (Å²) in [4.78, 5) is 4.09. The van der Waals surface area contributed by atoms with E-state index in [0.717, 1.165) is 36.8 Å². The molecule has 0 aliphatic heterocycles. The van der Waals surface area contributed by atoms with E-state index in [-0.39, 0.29) is 0 Å². The average molecular weight is 243 g/mol. The van der Waals surface area contributed by atoms with Crippen LogP contribution < -0.4 is 5.32 Å². The highest BCUT2D eigenvalue weighted by atomic mass is 15.4. The highest BCUT2D eigenvalue weighted by molar-refractivity contribution is 5.09. The number of pyridine rings is 1. The van der Waals surface area contributed by atoms with Gasteiger partial charge in [0.25, 0.3) is 0 Å². The maximum Gasteiger partial charge on any atom is 0.0964 e. The summed E-state index contributed by atoms with van der Waals surface area (Å²) in [6, 6.07) is 3.98. The monoisotopic (exact) mass is 243 g/mol. The normalized spacial score (nSPS) is 14.9. The lowest BCUT2D eigenvalue weighted by atomic mass is 10.3. The van der Waals surface area contributed by atoms with E-state index in [1.54, 1.807) is 6.20 Å². The SMILES string of the molecule is c1cncc(Cn2cc(CNCC3CC3)nn2)c1. The first-order valence-corrected chi connectivity index (χ1v) is 6.39. The second-order valence-corrected chi connectivity index (χ2v) is 4.84. The van der Waals surface area contributed by atoms with Gasteiger partial charge >= 0.3 is 0 Å². The van der Waals surface area contributed by atoms with Crippen LogP contribution in [0.5, 0.6) is 0 Å². The van der Waals surface area contributed by atoms with Crippen molar-refractivity contribution in [3.63, 3.8) is 0 Å². The predicted octanol–water partition coefficient (Wildman–Crippen LogP) is 1.22. The van der Waals surface area contributed by atoms with Gasteiger partial charge in [-0.2, -0.15) is 0 Å². The molecule has 1 aliphatic rings. The van der Waals surface area contributed by atoms with Gasteiger partial charge in [-0.1, -0.05) is 11.3 Å². The molecule has 0 saturated heterocycles. The first-order valence-electron chi connectivity index (χ1n) is 6.39. The summed E-state index contributed by atoms with van der Waals surface area (Å²) in [5, 5.41) is 11.7. The lowest BCUT2D eigenvalue weighted by Crippen LogP contribution is -2.16. The molecule has 0 atom stereocenters. The zero-order valence-corrected chi connectivity index (χ0v) is 10.3. The summed E-state index contributed by atoms with van der Waals surface area (Å²) in [5.74, 6) is 0.899. The van der Waals surface area contributed by atoms with E-state index in [9.17, 15) is 0 Å². The van der Waals surface area contributed by atoms with Gasteiger partial charge in [-0.15, -0.1) is 5.10 Å². The Kier molecular flexibility index (Phi) is 3.32. The lowest BCUT2D eigenvalue weighted by Gasteiger charge is -2.00. The van der Waals surface area contributed by atoms with Gasteiger partial charge in [-0.25, -0.2) is 4.68 Å². The molecule has 0 aromatic carbocycles. The number of hydrogen-bond donors (Lipinski definition) is 1. The fourth-order valence-electron chi connectivity index (χ4n) is 1.90. The molecule has 1 fully saturated rings. The van der Waals surface area contributed by atoms with Crippen molar-refractivity contribution in [1.29, 1.82) is 0 Å². The van der Waals surface area contributed by atoms with Crippen molar-refractivity contribution in [3.8, 4) is 0 Å². The molecule has 1 N–H and O–H groups in total. The highest BCUT2D eigenvalue weighted by Crippen LogP contribution is 2.27. The van der Waals surface area contributed by atoms with Crippen molar-refractivity contribution in [1.82, 2.24) is 25.3 Å². The third-order valence-electron chi connectivity index (χ3n) is 3.09. The van der Waals surface area contributed by atoms with Gasteiger partial charge in [-0.05, 0) is 36.9 Å². The molecule has 1 saturated carbocycles. The van der Waals surface area contributed by atoms with Crippen molar-refractivity contribution >= 4 is 0 Å². The van der Waals surface area contributed by atoms with Gasteiger partial charge < -0.3 is 5.32 Å². The van der Waals surface area contributed by atoms with Gasteiger partial charge in [0.2, 0.25) is 0 Å². The first kappa shape index (κ1) is 11.3. The van der Waals surface area contributed by atoms with Crippen molar-refractivity contribution in [2.45, 2.75) is 25.9 Å². The molecule has 0 amide bonds. The van der Waals surface area contributed by atoms with Crippen LogP contribution in [-0.2, 0) is 13.1 Å². The molecule has 0 radical (unpaired) electrons. The summed E-state index contributed by atoms with van der Waals surface area (Å²) in [7, 11) is 0. The van der Waals surface area contributed by atoms with Crippen LogP contribution in [0.3, 0.4) is 0 Å². The molecule has 1 aliphatic carbocycles. The third kappa shape index (κ3) is 3.13. The van der Waals surface area contributed by atoms with Gasteiger partial charge in [0, 0.05) is 18.9 Å². The molecule has 2 heterocycles. The molecule has 2 aromatic rings. The molecular formula is C13H17N5. The van der Waals surface area contributed by atoms with Crippen molar-refractivity contribution < 1.29 is 0 Å². The summed E-state index contributed by atoms with van der Waals surface area (Å²) in [6.07, 6.45) is 8.37. The van der Waals surface area contributed by atoms with Crippen LogP contribution in [0.1, 0.15) is 24.1 Å². The van der Waals surface area contributed by atoms with Crippen LogP contribution in [-0.4, -0.2) is 26.5 Å². The molecule has 0 bridgehead atoms. The number of nitrogens with zero attached hydrogens (tertiary/aromatic N) is 4. The zero-order chi connectivity index (χ0) is 12.2. The molecule has 5 heteroatoms. The second-order valence-electron chi connectivity index (χ2n) is 4.84. The Labute approximate surface area is 106 Å². The van der Waals surface area contributed by atoms with E-state index in [4.69, 9.17) is 0 Å². The zero-order valence-electron chi connectivity index (χ0n) is 10.3. The molecule has 0 spiro atoms. The van der Waals surface area contributed by atoms with E-state index in [1.165, 1.54) is 12.8 Å². The van der Waals surface area contributed by atoms with Crippen LogP contribution in [0, 0.1) is 5.92 Å². The smallest absolute Gasteiger partial charge is 0.0964 e. The Bertz CT molecular complexity index is 489. The molecule has 0 unspecified atom stereocenters. The topological polar surface area (TPSA) is 55.6 Å². The van der Waals surface area contributed by atoms with Crippen molar-refractivity contribution in [3.05, 3.63) is 42.0 Å². The quantitative estimate of drug-likeness (QED) is 0.829. The Morgan fingerprint density at radius 3 is 3.11 bits per heavy atom. The Balaban J connectivity index is 1.52. The summed E-state index contributed by atoms with van der Waals surface area (Å²) in [6.45, 7) is 2.64. The van der Waals surface area contributed by atoms with Gasteiger partial charge in [-0.3, -0.25) is 4.98 Å². The Morgan fingerprint density at radius 2 is 2.33 bits per heavy atom. The second kappa shape index (κ2) is 5.27. The summed E-state index contributed by atoms with van der Waals surface area (Å²) < 4.78 is 1.85. The van der Waals surface area contributed by atoms with Crippen LogP contribution in [0.25, 0.3) is 0 Å². The largest absolute Gasteiger partial charge is 0.311 e. The minimum Gasteiger partial charge on any atom is -0.311 e. The van der Waals surface area contributed by atoms with E-state index in [1.807, 2.05) is 29.2 Å². The molecule has 3 rings (SSSR count).